The first-order valence-electron chi connectivity index (χ1n) is 5.47. The number of carbonyl (C=O) groups is 1. The molecule has 5 heteroatoms. The van der Waals surface area contributed by atoms with Gasteiger partial charge in [-0.15, -0.1) is 0 Å². The molecule has 0 bridgehead atoms. The number of carboxylic acids is 1. The summed E-state index contributed by atoms with van der Waals surface area (Å²) in [5.74, 6) is 0.530. The second-order valence-corrected chi connectivity index (χ2v) is 3.97. The number of carboxylic acid groups (broad SMARTS) is 1. The van der Waals surface area contributed by atoms with Crippen molar-refractivity contribution in [2.45, 2.75) is 0 Å². The van der Waals surface area contributed by atoms with Crippen LogP contribution in [0.1, 0.15) is 0 Å². The van der Waals surface area contributed by atoms with Crippen molar-refractivity contribution in [2.75, 3.05) is 25.6 Å². The second-order valence-electron chi connectivity index (χ2n) is 3.97. The van der Waals surface area contributed by atoms with Crippen molar-refractivity contribution in [3.63, 3.8) is 0 Å². The first-order chi connectivity index (χ1) is 8.61. The normalized spacial score (nSPS) is 10.3. The number of likely N-dealkylation sites (N-methyl/N-ethyl adjacent to an activating group) is 1. The third-order valence-electron chi connectivity index (χ3n) is 2.68. The standard InChI is InChI=1S/C13H14N2O3/c1-15(8-12(16)17)13-11-4-3-10(18-2)7-9(11)5-6-14-13/h3-7H,8H2,1-2H3,(H,16,17). The number of hydrogen-bond donors (Lipinski definition) is 1. The Hall–Kier alpha value is -2.30. The Morgan fingerprint density at radius 1 is 1.44 bits per heavy atom. The second kappa shape index (κ2) is 4.91. The summed E-state index contributed by atoms with van der Waals surface area (Å²) in [7, 11) is 3.32. The first-order valence-corrected chi connectivity index (χ1v) is 5.47. The van der Waals surface area contributed by atoms with E-state index in [-0.39, 0.29) is 6.54 Å². The predicted molar refractivity (Wildman–Crippen MR) is 69.2 cm³/mol. The maximum atomic E-state index is 10.7. The molecule has 0 spiro atoms. The molecule has 0 radical (unpaired) electrons. The van der Waals surface area contributed by atoms with Crippen molar-refractivity contribution in [1.82, 2.24) is 4.98 Å². The molecule has 0 unspecified atom stereocenters. The SMILES string of the molecule is COc1ccc2c(N(C)CC(=O)O)nccc2c1. The van der Waals surface area contributed by atoms with Crippen molar-refractivity contribution >= 4 is 22.6 Å². The minimum atomic E-state index is -0.884. The van der Waals surface area contributed by atoms with Crippen LogP contribution in [-0.2, 0) is 4.79 Å². The summed E-state index contributed by atoms with van der Waals surface area (Å²) in [6.07, 6.45) is 1.66. The van der Waals surface area contributed by atoms with Crippen LogP contribution in [0.15, 0.2) is 30.5 Å². The molecule has 18 heavy (non-hydrogen) atoms. The van der Waals surface area contributed by atoms with Crippen molar-refractivity contribution in [3.8, 4) is 5.75 Å². The molecular weight excluding hydrogens is 232 g/mol. The molecule has 1 aromatic heterocycles. The molecule has 1 heterocycles. The third-order valence-corrected chi connectivity index (χ3v) is 2.68. The van der Waals surface area contributed by atoms with Gasteiger partial charge in [-0.25, -0.2) is 4.98 Å². The average Bonchev–Trinajstić information content (AvgIpc) is 2.36. The van der Waals surface area contributed by atoms with Crippen molar-refractivity contribution in [1.29, 1.82) is 0 Å². The van der Waals surface area contributed by atoms with Crippen LogP contribution in [0.5, 0.6) is 5.75 Å². The molecule has 0 aliphatic rings. The lowest BCUT2D eigenvalue weighted by molar-refractivity contribution is -0.135. The fourth-order valence-corrected chi connectivity index (χ4v) is 1.85. The maximum absolute atomic E-state index is 10.7. The molecule has 2 aromatic rings. The fraction of sp³-hybridized carbons (Fsp3) is 0.231. The topological polar surface area (TPSA) is 62.7 Å². The van der Waals surface area contributed by atoms with Gasteiger partial charge in [0.2, 0.25) is 0 Å². The number of hydrogen-bond acceptors (Lipinski definition) is 4. The third kappa shape index (κ3) is 2.34. The fourth-order valence-electron chi connectivity index (χ4n) is 1.85. The Labute approximate surface area is 105 Å². The number of benzene rings is 1. The highest BCUT2D eigenvalue weighted by molar-refractivity contribution is 5.93. The van der Waals surface area contributed by atoms with E-state index in [1.54, 1.807) is 25.3 Å². The number of aromatic nitrogens is 1. The van der Waals surface area contributed by atoms with Crippen LogP contribution in [-0.4, -0.2) is 36.8 Å². The number of pyridine rings is 1. The summed E-state index contributed by atoms with van der Waals surface area (Å²) in [6, 6.07) is 7.49. The highest BCUT2D eigenvalue weighted by atomic mass is 16.5. The predicted octanol–water partition coefficient (Wildman–Crippen LogP) is 1.76. The van der Waals surface area contributed by atoms with E-state index in [9.17, 15) is 4.79 Å². The van der Waals surface area contributed by atoms with E-state index in [1.165, 1.54) is 0 Å². The molecule has 5 nitrogen and oxygen atoms in total. The molecule has 1 N–H and O–H groups in total. The summed E-state index contributed by atoms with van der Waals surface area (Å²) in [4.78, 5) is 16.6. The largest absolute Gasteiger partial charge is 0.497 e. The lowest BCUT2D eigenvalue weighted by Crippen LogP contribution is -2.26. The number of anilines is 1. The van der Waals surface area contributed by atoms with Gasteiger partial charge < -0.3 is 14.7 Å². The smallest absolute Gasteiger partial charge is 0.323 e. The van der Waals surface area contributed by atoms with E-state index in [4.69, 9.17) is 9.84 Å². The van der Waals surface area contributed by atoms with Crippen LogP contribution in [0.2, 0.25) is 0 Å². The Morgan fingerprint density at radius 2 is 2.22 bits per heavy atom. The molecule has 0 saturated heterocycles. The Balaban J connectivity index is 2.48. The van der Waals surface area contributed by atoms with Crippen molar-refractivity contribution in [2.24, 2.45) is 0 Å². The van der Waals surface area contributed by atoms with Crippen LogP contribution >= 0.6 is 0 Å². The first kappa shape index (κ1) is 12.2. The summed E-state index contributed by atoms with van der Waals surface area (Å²) < 4.78 is 5.16. The van der Waals surface area contributed by atoms with Crippen LogP contribution in [0.3, 0.4) is 0 Å². The van der Waals surface area contributed by atoms with Gasteiger partial charge >= 0.3 is 5.97 Å². The van der Waals surface area contributed by atoms with Gasteiger partial charge in [0.15, 0.2) is 0 Å². The van der Waals surface area contributed by atoms with Gasteiger partial charge in [0.1, 0.15) is 18.1 Å². The molecule has 0 aliphatic carbocycles. The average molecular weight is 246 g/mol. The zero-order valence-corrected chi connectivity index (χ0v) is 10.3. The van der Waals surface area contributed by atoms with Gasteiger partial charge in [-0.1, -0.05) is 0 Å². The van der Waals surface area contributed by atoms with Crippen LogP contribution in [0.4, 0.5) is 5.82 Å². The van der Waals surface area contributed by atoms with Crippen molar-refractivity contribution < 1.29 is 14.6 Å². The molecule has 0 atom stereocenters. The van der Waals surface area contributed by atoms with Gasteiger partial charge in [0, 0.05) is 18.6 Å². The van der Waals surface area contributed by atoms with Gasteiger partial charge in [-0.2, -0.15) is 0 Å². The summed E-state index contributed by atoms with van der Waals surface area (Å²) in [6.45, 7) is -0.0852. The number of rotatable bonds is 4. The van der Waals surface area contributed by atoms with E-state index in [1.807, 2.05) is 24.3 Å². The lowest BCUT2D eigenvalue weighted by atomic mass is 10.1. The lowest BCUT2D eigenvalue weighted by Gasteiger charge is -2.17. The maximum Gasteiger partial charge on any atom is 0.323 e. The Bertz CT molecular complexity index is 583. The Morgan fingerprint density at radius 3 is 2.89 bits per heavy atom. The number of methoxy groups -OCH3 is 1. The van der Waals surface area contributed by atoms with Crippen LogP contribution in [0, 0.1) is 0 Å². The van der Waals surface area contributed by atoms with Gasteiger partial charge in [0.05, 0.1) is 7.11 Å². The highest BCUT2D eigenvalue weighted by Gasteiger charge is 2.10. The Kier molecular flexibility index (Phi) is 3.32. The summed E-state index contributed by atoms with van der Waals surface area (Å²) in [5.41, 5.74) is 0. The van der Waals surface area contributed by atoms with E-state index >= 15 is 0 Å². The van der Waals surface area contributed by atoms with Gasteiger partial charge in [-0.05, 0) is 29.7 Å². The molecule has 94 valence electrons. The van der Waals surface area contributed by atoms with E-state index in [0.717, 1.165) is 16.5 Å². The van der Waals surface area contributed by atoms with Crippen LogP contribution in [0.25, 0.3) is 10.8 Å². The molecule has 0 saturated carbocycles. The summed E-state index contributed by atoms with van der Waals surface area (Å²) in [5, 5.41) is 10.7. The summed E-state index contributed by atoms with van der Waals surface area (Å²) >= 11 is 0. The quantitative estimate of drug-likeness (QED) is 0.890. The molecule has 0 amide bonds. The number of ether oxygens (including phenoxy) is 1. The zero-order chi connectivity index (χ0) is 13.1. The molecular formula is C13H14N2O3. The minimum Gasteiger partial charge on any atom is -0.497 e. The van der Waals surface area contributed by atoms with E-state index < -0.39 is 5.97 Å². The number of aliphatic carboxylic acids is 1. The highest BCUT2D eigenvalue weighted by Crippen LogP contribution is 2.26. The molecule has 2 rings (SSSR count). The van der Waals surface area contributed by atoms with Gasteiger partial charge in [0.25, 0.3) is 0 Å². The minimum absolute atomic E-state index is 0.0852. The monoisotopic (exact) mass is 246 g/mol. The molecule has 1 aromatic carbocycles. The zero-order valence-electron chi connectivity index (χ0n) is 10.3. The van der Waals surface area contributed by atoms with Crippen molar-refractivity contribution in [3.05, 3.63) is 30.5 Å². The molecule has 0 aliphatic heterocycles. The van der Waals surface area contributed by atoms with E-state index in [0.29, 0.717) is 5.82 Å². The van der Waals surface area contributed by atoms with E-state index in [2.05, 4.69) is 4.98 Å². The number of fused-ring (bicyclic) bond motifs is 1. The van der Waals surface area contributed by atoms with Gasteiger partial charge in [-0.3, -0.25) is 4.79 Å². The number of nitrogens with zero attached hydrogens (tertiary/aromatic N) is 2. The molecule has 0 fully saturated rings. The van der Waals surface area contributed by atoms with Crippen LogP contribution < -0.4 is 9.64 Å².